The normalized spacial score (nSPS) is 17.6. The van der Waals surface area contributed by atoms with E-state index < -0.39 is 0 Å². The third-order valence-electron chi connectivity index (χ3n) is 2.97. The molecule has 2 rings (SSSR count). The molecule has 1 aromatic rings. The van der Waals surface area contributed by atoms with Crippen LogP contribution in [0.25, 0.3) is 0 Å². The SMILES string of the molecule is CC1(C)CN(C(=O)CCS)Cc2ccccc2O1. The quantitative estimate of drug-likeness (QED) is 0.833. The molecule has 1 amide bonds. The van der Waals surface area contributed by atoms with Gasteiger partial charge in [0.25, 0.3) is 0 Å². The van der Waals surface area contributed by atoms with E-state index in [0.29, 0.717) is 25.3 Å². The summed E-state index contributed by atoms with van der Waals surface area (Å²) < 4.78 is 5.99. The lowest BCUT2D eigenvalue weighted by Crippen LogP contribution is -2.43. The Morgan fingerprint density at radius 3 is 2.89 bits per heavy atom. The molecule has 1 aliphatic heterocycles. The minimum Gasteiger partial charge on any atom is -0.486 e. The van der Waals surface area contributed by atoms with E-state index in [-0.39, 0.29) is 11.5 Å². The monoisotopic (exact) mass is 265 g/mol. The van der Waals surface area contributed by atoms with Crippen LogP contribution in [0, 0.1) is 0 Å². The molecule has 0 saturated heterocycles. The third kappa shape index (κ3) is 2.99. The van der Waals surface area contributed by atoms with E-state index in [9.17, 15) is 4.79 Å². The molecule has 0 bridgehead atoms. The van der Waals surface area contributed by atoms with Crippen LogP contribution in [0.3, 0.4) is 0 Å². The minimum atomic E-state index is -0.362. The summed E-state index contributed by atoms with van der Waals surface area (Å²) in [7, 11) is 0. The maximum Gasteiger partial charge on any atom is 0.223 e. The smallest absolute Gasteiger partial charge is 0.223 e. The second-order valence-corrected chi connectivity index (χ2v) is 5.64. The van der Waals surface area contributed by atoms with Crippen LogP contribution in [0.15, 0.2) is 24.3 Å². The molecule has 0 aromatic heterocycles. The van der Waals surface area contributed by atoms with Gasteiger partial charge in [-0.05, 0) is 25.7 Å². The number of amides is 1. The first-order valence-corrected chi connectivity index (χ1v) is 6.81. The number of carbonyl (C=O) groups excluding carboxylic acids is 1. The van der Waals surface area contributed by atoms with Gasteiger partial charge in [0.2, 0.25) is 5.91 Å². The van der Waals surface area contributed by atoms with Gasteiger partial charge in [0.05, 0.1) is 6.54 Å². The number of hydrogen-bond donors (Lipinski definition) is 1. The van der Waals surface area contributed by atoms with E-state index in [0.717, 1.165) is 11.3 Å². The molecule has 0 atom stereocenters. The summed E-state index contributed by atoms with van der Waals surface area (Å²) in [6, 6.07) is 7.91. The van der Waals surface area contributed by atoms with Gasteiger partial charge < -0.3 is 9.64 Å². The van der Waals surface area contributed by atoms with Crippen molar-refractivity contribution in [2.24, 2.45) is 0 Å². The number of para-hydroxylation sites is 1. The van der Waals surface area contributed by atoms with Crippen molar-refractivity contribution in [3.63, 3.8) is 0 Å². The summed E-state index contributed by atoms with van der Waals surface area (Å²) in [5.74, 6) is 1.60. The number of nitrogens with zero attached hydrogens (tertiary/aromatic N) is 1. The van der Waals surface area contributed by atoms with Gasteiger partial charge in [0.1, 0.15) is 11.4 Å². The minimum absolute atomic E-state index is 0.137. The molecule has 0 spiro atoms. The molecule has 3 nitrogen and oxygen atoms in total. The van der Waals surface area contributed by atoms with E-state index in [1.807, 2.05) is 43.0 Å². The van der Waals surface area contributed by atoms with Gasteiger partial charge in [-0.25, -0.2) is 0 Å². The van der Waals surface area contributed by atoms with Crippen LogP contribution in [0.2, 0.25) is 0 Å². The fourth-order valence-corrected chi connectivity index (χ4v) is 2.41. The summed E-state index contributed by atoms with van der Waals surface area (Å²) in [4.78, 5) is 13.9. The number of benzene rings is 1. The van der Waals surface area contributed by atoms with Crippen LogP contribution in [0.5, 0.6) is 5.75 Å². The molecule has 0 saturated carbocycles. The molecule has 18 heavy (non-hydrogen) atoms. The van der Waals surface area contributed by atoms with E-state index >= 15 is 0 Å². The zero-order chi connectivity index (χ0) is 13.2. The summed E-state index contributed by atoms with van der Waals surface area (Å²) in [6.45, 7) is 5.24. The maximum absolute atomic E-state index is 12.1. The highest BCUT2D eigenvalue weighted by molar-refractivity contribution is 7.80. The van der Waals surface area contributed by atoms with Gasteiger partial charge in [0, 0.05) is 18.5 Å². The van der Waals surface area contributed by atoms with Gasteiger partial charge in [0.15, 0.2) is 0 Å². The molecule has 1 aromatic carbocycles. The number of thiol groups is 1. The number of hydrogen-bond acceptors (Lipinski definition) is 3. The fourth-order valence-electron chi connectivity index (χ4n) is 2.22. The van der Waals surface area contributed by atoms with Crippen LogP contribution in [0.1, 0.15) is 25.8 Å². The van der Waals surface area contributed by atoms with E-state index in [1.165, 1.54) is 0 Å². The van der Waals surface area contributed by atoms with E-state index in [1.54, 1.807) is 0 Å². The second kappa shape index (κ2) is 5.22. The van der Waals surface area contributed by atoms with Crippen molar-refractivity contribution >= 4 is 18.5 Å². The molecule has 0 radical (unpaired) electrons. The maximum atomic E-state index is 12.1. The third-order valence-corrected chi connectivity index (χ3v) is 3.19. The van der Waals surface area contributed by atoms with E-state index in [2.05, 4.69) is 12.6 Å². The highest BCUT2D eigenvalue weighted by Gasteiger charge is 2.30. The molecule has 0 aliphatic carbocycles. The molecule has 4 heteroatoms. The van der Waals surface area contributed by atoms with Crippen molar-refractivity contribution in [1.29, 1.82) is 0 Å². The number of carbonyl (C=O) groups is 1. The molecule has 1 aliphatic rings. The topological polar surface area (TPSA) is 29.5 Å². The Hall–Kier alpha value is -1.16. The molecule has 1 heterocycles. The van der Waals surface area contributed by atoms with Crippen molar-refractivity contribution < 1.29 is 9.53 Å². The summed E-state index contributed by atoms with van der Waals surface area (Å²) in [5.41, 5.74) is 0.703. The second-order valence-electron chi connectivity index (χ2n) is 5.19. The summed E-state index contributed by atoms with van der Waals surface area (Å²) >= 11 is 4.13. The Morgan fingerprint density at radius 2 is 2.17 bits per heavy atom. The molecule has 98 valence electrons. The van der Waals surface area contributed by atoms with Gasteiger partial charge >= 0.3 is 0 Å². The van der Waals surface area contributed by atoms with Crippen LogP contribution in [-0.4, -0.2) is 28.7 Å². The summed E-state index contributed by atoms with van der Waals surface area (Å²) in [5, 5.41) is 0. The predicted molar refractivity (Wildman–Crippen MR) is 75.0 cm³/mol. The van der Waals surface area contributed by atoms with Crippen molar-refractivity contribution in [3.8, 4) is 5.75 Å². The molecule has 0 N–H and O–H groups in total. The number of rotatable bonds is 2. The zero-order valence-corrected chi connectivity index (χ0v) is 11.7. The molecular formula is C14H19NO2S. The first-order valence-electron chi connectivity index (χ1n) is 6.17. The predicted octanol–water partition coefficient (Wildman–Crippen LogP) is 2.51. The Bertz CT molecular complexity index is 445. The van der Waals surface area contributed by atoms with Crippen molar-refractivity contribution in [2.45, 2.75) is 32.4 Å². The highest BCUT2D eigenvalue weighted by Crippen LogP contribution is 2.29. The lowest BCUT2D eigenvalue weighted by molar-refractivity contribution is -0.133. The first kappa shape index (κ1) is 13.3. The number of ether oxygens (including phenoxy) is 1. The standard InChI is InChI=1S/C14H19NO2S/c1-14(2)10-15(13(16)7-8-18)9-11-5-3-4-6-12(11)17-14/h3-6,18H,7-10H2,1-2H3. The van der Waals surface area contributed by atoms with Crippen LogP contribution >= 0.6 is 12.6 Å². The summed E-state index contributed by atoms with van der Waals surface area (Å²) in [6.07, 6.45) is 0.474. The van der Waals surface area contributed by atoms with Crippen molar-refractivity contribution in [3.05, 3.63) is 29.8 Å². The van der Waals surface area contributed by atoms with E-state index in [4.69, 9.17) is 4.74 Å². The molecule has 0 fully saturated rings. The van der Waals surface area contributed by atoms with Crippen molar-refractivity contribution in [1.82, 2.24) is 4.90 Å². The van der Waals surface area contributed by atoms with Gasteiger partial charge in [-0.1, -0.05) is 18.2 Å². The van der Waals surface area contributed by atoms with Gasteiger partial charge in [-0.2, -0.15) is 12.6 Å². The average Bonchev–Trinajstić information content (AvgIpc) is 2.43. The first-order chi connectivity index (χ1) is 8.52. The van der Waals surface area contributed by atoms with Crippen LogP contribution in [0.4, 0.5) is 0 Å². The van der Waals surface area contributed by atoms with Crippen LogP contribution in [-0.2, 0) is 11.3 Å². The highest BCUT2D eigenvalue weighted by atomic mass is 32.1. The zero-order valence-electron chi connectivity index (χ0n) is 10.8. The van der Waals surface area contributed by atoms with Gasteiger partial charge in [-0.15, -0.1) is 0 Å². The number of fused-ring (bicyclic) bond motifs is 1. The molecule has 0 unspecified atom stereocenters. The lowest BCUT2D eigenvalue weighted by atomic mass is 10.1. The Labute approximate surface area is 114 Å². The van der Waals surface area contributed by atoms with Gasteiger partial charge in [-0.3, -0.25) is 4.79 Å². The Balaban J connectivity index is 2.28. The van der Waals surface area contributed by atoms with Crippen molar-refractivity contribution in [2.75, 3.05) is 12.3 Å². The average molecular weight is 265 g/mol. The Morgan fingerprint density at radius 1 is 1.44 bits per heavy atom. The largest absolute Gasteiger partial charge is 0.486 e. The fraction of sp³-hybridized carbons (Fsp3) is 0.500. The van der Waals surface area contributed by atoms with Crippen LogP contribution < -0.4 is 4.74 Å². The molecular weight excluding hydrogens is 246 g/mol. The Kier molecular flexibility index (Phi) is 3.85. The lowest BCUT2D eigenvalue weighted by Gasteiger charge is -2.29.